The number of amides is 1. The first kappa shape index (κ1) is 23.4. The molecule has 1 aromatic heterocycles. The van der Waals surface area contributed by atoms with E-state index in [1.54, 1.807) is 24.4 Å². The maximum absolute atomic E-state index is 12.7. The number of nitrogens with zero attached hydrogens (tertiary/aromatic N) is 1. The highest BCUT2D eigenvalue weighted by atomic mass is 35.5. The van der Waals surface area contributed by atoms with Crippen molar-refractivity contribution < 1.29 is 4.79 Å². The molecule has 1 heterocycles. The number of terminal acetylenes is 1. The minimum atomic E-state index is -0.254. The summed E-state index contributed by atoms with van der Waals surface area (Å²) in [5, 5.41) is 8.76. The fourth-order valence-corrected chi connectivity index (χ4v) is 4.35. The molecule has 1 aliphatic rings. The minimum Gasteiger partial charge on any atom is -0.351 e. The molecule has 0 saturated carbocycles. The van der Waals surface area contributed by atoms with Gasteiger partial charge in [0.2, 0.25) is 0 Å². The van der Waals surface area contributed by atoms with Crippen molar-refractivity contribution in [2.75, 3.05) is 11.9 Å². The van der Waals surface area contributed by atoms with Crippen LogP contribution in [-0.4, -0.2) is 17.4 Å². The molecule has 2 N–H and O–H groups in total. The summed E-state index contributed by atoms with van der Waals surface area (Å²) in [6.07, 6.45) is 15.4. The summed E-state index contributed by atoms with van der Waals surface area (Å²) in [6.45, 7) is 4.45. The number of anilines is 1. The number of pyridine rings is 1. The number of carbonyl (C=O) groups excluding carboxylic acids is 1. The van der Waals surface area contributed by atoms with Gasteiger partial charge in [-0.1, -0.05) is 54.4 Å². The second-order valence-electron chi connectivity index (χ2n) is 8.29. The molecule has 2 aromatic carbocycles. The largest absolute Gasteiger partial charge is 0.351 e. The van der Waals surface area contributed by atoms with Crippen molar-refractivity contribution >= 4 is 34.1 Å². The molecule has 1 unspecified atom stereocenters. The predicted octanol–water partition coefficient (Wildman–Crippen LogP) is 5.85. The van der Waals surface area contributed by atoms with E-state index in [1.165, 1.54) is 11.1 Å². The van der Waals surface area contributed by atoms with Crippen molar-refractivity contribution in [2.24, 2.45) is 5.92 Å². The molecule has 0 radical (unpaired) electrons. The summed E-state index contributed by atoms with van der Waals surface area (Å²) in [4.78, 5) is 17.1. The topological polar surface area (TPSA) is 54.0 Å². The summed E-state index contributed by atoms with van der Waals surface area (Å²) in [5.41, 5.74) is 3.69. The van der Waals surface area contributed by atoms with Gasteiger partial charge in [-0.3, -0.25) is 4.79 Å². The molecule has 0 bridgehead atoms. The maximum Gasteiger partial charge on any atom is 0.259 e. The molecule has 5 heteroatoms. The monoisotopic (exact) mass is 467 g/mol. The zero-order chi connectivity index (χ0) is 23.9. The van der Waals surface area contributed by atoms with Crippen LogP contribution in [-0.2, 0) is 17.6 Å². The van der Waals surface area contributed by atoms with E-state index in [-0.39, 0.29) is 11.5 Å². The molecule has 0 saturated heterocycles. The molecule has 34 heavy (non-hydrogen) atoms. The molecule has 0 fully saturated rings. The zero-order valence-electron chi connectivity index (χ0n) is 18.9. The third-order valence-electron chi connectivity index (χ3n) is 6.04. The summed E-state index contributed by atoms with van der Waals surface area (Å²) >= 11 is 6.16. The zero-order valence-corrected chi connectivity index (χ0v) is 19.6. The normalized spacial score (nSPS) is 15.8. The van der Waals surface area contributed by atoms with Crippen LogP contribution in [0.15, 0.2) is 90.8 Å². The third-order valence-corrected chi connectivity index (χ3v) is 6.28. The lowest BCUT2D eigenvalue weighted by Gasteiger charge is -2.24. The van der Waals surface area contributed by atoms with Gasteiger partial charge in [-0.25, -0.2) is 4.98 Å². The molecule has 4 nitrogen and oxygen atoms in total. The van der Waals surface area contributed by atoms with Crippen molar-refractivity contribution in [3.63, 3.8) is 0 Å². The van der Waals surface area contributed by atoms with Crippen LogP contribution in [0.25, 0.3) is 10.8 Å². The Balaban J connectivity index is 1.42. The molecule has 3 aromatic rings. The first-order valence-electron chi connectivity index (χ1n) is 11.2. The van der Waals surface area contributed by atoms with Crippen LogP contribution in [0.5, 0.6) is 0 Å². The fraction of sp³-hybridized carbons (Fsp3) is 0.172. The first-order chi connectivity index (χ1) is 16.6. The van der Waals surface area contributed by atoms with E-state index < -0.39 is 0 Å². The van der Waals surface area contributed by atoms with Crippen LogP contribution < -0.4 is 10.6 Å². The number of fused-ring (bicyclic) bond motifs is 2. The van der Waals surface area contributed by atoms with Gasteiger partial charge in [0.25, 0.3) is 5.91 Å². The van der Waals surface area contributed by atoms with Crippen molar-refractivity contribution in [1.29, 1.82) is 0 Å². The first-order valence-corrected chi connectivity index (χ1v) is 11.6. The fourth-order valence-electron chi connectivity index (χ4n) is 4.18. The number of aromatic nitrogens is 1. The molecule has 0 aliphatic heterocycles. The second kappa shape index (κ2) is 10.9. The number of carbonyl (C=O) groups is 1. The Hall–Kier alpha value is -3.81. The number of aryl methyl sites for hydroxylation is 1. The Morgan fingerprint density at radius 1 is 1.21 bits per heavy atom. The molecular formula is C29H26ClN3O. The van der Waals surface area contributed by atoms with Crippen molar-refractivity contribution in [2.45, 2.75) is 19.3 Å². The molecule has 1 aliphatic carbocycles. The van der Waals surface area contributed by atoms with Crippen LogP contribution >= 0.6 is 11.6 Å². The summed E-state index contributed by atoms with van der Waals surface area (Å²) in [7, 11) is 0. The SMILES string of the molecule is C#C/C(=C\C=C(/C=C)Nc1nccc2ccc(Cl)cc12)C(=O)NCC1CCc2ccccc2C1. The maximum atomic E-state index is 12.7. The number of nitrogens with one attached hydrogen (secondary N) is 2. The second-order valence-corrected chi connectivity index (χ2v) is 8.72. The molecule has 4 rings (SSSR count). The lowest BCUT2D eigenvalue weighted by molar-refractivity contribution is -0.117. The Labute approximate surface area is 205 Å². The summed E-state index contributed by atoms with van der Waals surface area (Å²) < 4.78 is 0. The van der Waals surface area contributed by atoms with Crippen molar-refractivity contribution in [3.05, 3.63) is 107 Å². The van der Waals surface area contributed by atoms with E-state index in [0.29, 0.717) is 29.0 Å². The van der Waals surface area contributed by atoms with E-state index in [2.05, 4.69) is 52.4 Å². The van der Waals surface area contributed by atoms with Crippen molar-refractivity contribution in [1.82, 2.24) is 10.3 Å². The Kier molecular flexibility index (Phi) is 7.47. The number of hydrogen-bond acceptors (Lipinski definition) is 3. The van der Waals surface area contributed by atoms with Crippen molar-refractivity contribution in [3.8, 4) is 12.3 Å². The van der Waals surface area contributed by atoms with E-state index in [9.17, 15) is 4.79 Å². The molecule has 0 spiro atoms. The minimum absolute atomic E-state index is 0.254. The van der Waals surface area contributed by atoms with Crippen LogP contribution in [0.1, 0.15) is 17.5 Å². The smallest absolute Gasteiger partial charge is 0.259 e. The van der Waals surface area contributed by atoms with E-state index in [1.807, 2.05) is 24.3 Å². The summed E-state index contributed by atoms with van der Waals surface area (Å²) in [6, 6.07) is 16.0. The molecule has 1 amide bonds. The van der Waals surface area contributed by atoms with Gasteiger partial charge >= 0.3 is 0 Å². The predicted molar refractivity (Wildman–Crippen MR) is 141 cm³/mol. The molecule has 170 valence electrons. The van der Waals surface area contributed by atoms with Gasteiger partial charge in [-0.05, 0) is 78.1 Å². The number of benzene rings is 2. The highest BCUT2D eigenvalue weighted by Crippen LogP contribution is 2.26. The quantitative estimate of drug-likeness (QED) is 0.260. The average Bonchev–Trinajstić information content (AvgIpc) is 2.87. The van der Waals surface area contributed by atoms with Gasteiger partial charge in [-0.15, -0.1) is 6.42 Å². The van der Waals surface area contributed by atoms with Gasteiger partial charge in [0, 0.05) is 28.8 Å². The number of allylic oxidation sites excluding steroid dienone is 3. The van der Waals surface area contributed by atoms with Gasteiger partial charge in [-0.2, -0.15) is 0 Å². The van der Waals surface area contributed by atoms with Gasteiger partial charge in [0.15, 0.2) is 0 Å². The standard InChI is InChI=1S/C29H26ClN3O/c1-3-21(29(34)32-19-20-9-10-22-7-5-6-8-24(22)17-20)12-14-26(4-2)33-28-27-18-25(30)13-11-23(27)15-16-31-28/h1,4-8,11-16,18,20H,2,9-10,17,19H2,(H,31,33)(H,32,34)/b21-12+,26-14+. The lowest BCUT2D eigenvalue weighted by atomic mass is 9.84. The molecular weight excluding hydrogens is 442 g/mol. The lowest BCUT2D eigenvalue weighted by Crippen LogP contribution is -2.32. The number of halogens is 1. The van der Waals surface area contributed by atoms with Crippen LogP contribution in [0.3, 0.4) is 0 Å². The summed E-state index contributed by atoms with van der Waals surface area (Å²) in [5.74, 6) is 3.29. The number of rotatable bonds is 7. The van der Waals surface area contributed by atoms with E-state index in [4.69, 9.17) is 18.0 Å². The van der Waals surface area contributed by atoms with Gasteiger partial charge in [0.1, 0.15) is 5.82 Å². The highest BCUT2D eigenvalue weighted by Gasteiger charge is 2.19. The average molecular weight is 468 g/mol. The third kappa shape index (κ3) is 5.57. The van der Waals surface area contributed by atoms with Crippen LogP contribution in [0, 0.1) is 18.3 Å². The number of hydrogen-bond donors (Lipinski definition) is 2. The highest BCUT2D eigenvalue weighted by molar-refractivity contribution is 6.31. The molecule has 1 atom stereocenters. The Bertz CT molecular complexity index is 1330. The van der Waals surface area contributed by atoms with Crippen LogP contribution in [0.4, 0.5) is 5.82 Å². The van der Waals surface area contributed by atoms with Crippen LogP contribution in [0.2, 0.25) is 5.02 Å². The Morgan fingerprint density at radius 2 is 2.03 bits per heavy atom. The van der Waals surface area contributed by atoms with E-state index in [0.717, 1.165) is 30.0 Å². The van der Waals surface area contributed by atoms with E-state index >= 15 is 0 Å². The van der Waals surface area contributed by atoms with Gasteiger partial charge in [0.05, 0.1) is 5.57 Å². The van der Waals surface area contributed by atoms with Gasteiger partial charge < -0.3 is 10.6 Å². The Morgan fingerprint density at radius 3 is 2.82 bits per heavy atom.